The summed E-state index contributed by atoms with van der Waals surface area (Å²) in [5, 5.41) is 2.22. The second-order valence-corrected chi connectivity index (χ2v) is 12.2. The lowest BCUT2D eigenvalue weighted by Gasteiger charge is -2.21. The van der Waals surface area contributed by atoms with Crippen molar-refractivity contribution in [3.8, 4) is 51.2 Å². The number of rotatable bonds is 4. The Bertz CT molecular complexity index is 2370. The van der Waals surface area contributed by atoms with Crippen LogP contribution < -0.4 is 0 Å². The molecule has 0 radical (unpaired) electrons. The molecule has 0 N–H and O–H groups in total. The zero-order chi connectivity index (χ0) is 30.8. The van der Waals surface area contributed by atoms with E-state index >= 15 is 0 Å². The summed E-state index contributed by atoms with van der Waals surface area (Å²) in [6.45, 7) is 4.62. The van der Waals surface area contributed by atoms with Crippen molar-refractivity contribution in [1.29, 1.82) is 0 Å². The maximum absolute atomic E-state index is 5.14. The molecule has 218 valence electrons. The number of benzene rings is 5. The molecular weight excluding hydrogens is 564 g/mol. The van der Waals surface area contributed by atoms with Crippen molar-refractivity contribution in [3.05, 3.63) is 145 Å². The molecule has 6 heteroatoms. The van der Waals surface area contributed by atoms with Crippen LogP contribution in [0.25, 0.3) is 73.0 Å². The van der Waals surface area contributed by atoms with Crippen molar-refractivity contribution in [2.24, 2.45) is 0 Å². The number of hydrogen-bond acceptors (Lipinski definition) is 5. The first-order valence-electron chi connectivity index (χ1n) is 15.4. The lowest BCUT2D eigenvalue weighted by molar-refractivity contribution is 0.661. The molecule has 0 fully saturated rings. The molecule has 0 amide bonds. The molecule has 0 unspecified atom stereocenters. The molecular formula is C40H28N6. The van der Waals surface area contributed by atoms with E-state index in [9.17, 15) is 0 Å². The Labute approximate surface area is 266 Å². The molecule has 1 aliphatic rings. The van der Waals surface area contributed by atoms with Gasteiger partial charge in [-0.15, -0.1) is 0 Å². The van der Waals surface area contributed by atoms with Gasteiger partial charge < -0.3 is 0 Å². The molecule has 0 saturated heterocycles. The van der Waals surface area contributed by atoms with Gasteiger partial charge in [-0.2, -0.15) is 9.97 Å². The van der Waals surface area contributed by atoms with Gasteiger partial charge in [0.1, 0.15) is 0 Å². The second-order valence-electron chi connectivity index (χ2n) is 12.2. The number of fused-ring (bicyclic) bond motifs is 6. The van der Waals surface area contributed by atoms with Crippen molar-refractivity contribution >= 4 is 21.8 Å². The lowest BCUT2D eigenvalue weighted by Crippen LogP contribution is -2.15. The summed E-state index contributed by atoms with van der Waals surface area (Å²) in [6.07, 6.45) is 3.56. The van der Waals surface area contributed by atoms with E-state index in [0.29, 0.717) is 23.4 Å². The molecule has 0 atom stereocenters. The van der Waals surface area contributed by atoms with Crippen LogP contribution in [0.1, 0.15) is 25.0 Å². The average molecular weight is 593 g/mol. The van der Waals surface area contributed by atoms with Gasteiger partial charge >= 0.3 is 0 Å². The third-order valence-corrected chi connectivity index (χ3v) is 9.18. The maximum atomic E-state index is 5.14. The van der Waals surface area contributed by atoms with Gasteiger partial charge in [0, 0.05) is 45.3 Å². The van der Waals surface area contributed by atoms with E-state index < -0.39 is 0 Å². The zero-order valence-electron chi connectivity index (χ0n) is 25.4. The Morgan fingerprint density at radius 1 is 0.478 bits per heavy atom. The first-order chi connectivity index (χ1) is 22.6. The van der Waals surface area contributed by atoms with Crippen LogP contribution in [0.4, 0.5) is 0 Å². The summed E-state index contributed by atoms with van der Waals surface area (Å²) in [5.74, 6) is 2.52. The Morgan fingerprint density at radius 3 is 1.80 bits per heavy atom. The third-order valence-electron chi connectivity index (χ3n) is 9.18. The highest BCUT2D eigenvalue weighted by atomic mass is 15.2. The standard InChI is InChI=1S/C40H28N6/c1-40(2)32-17-10-9-16-28(32)29-23-31-30-22-27(36-41-20-11-21-42-36)18-19-34(30)46(35(31)24-33(29)40)39-44-37(25-12-5-3-6-13-25)43-38(45-39)26-14-7-4-8-15-26/h3-24H,1-2H3. The minimum atomic E-state index is -0.159. The van der Waals surface area contributed by atoms with E-state index in [1.807, 2.05) is 66.7 Å². The molecule has 9 rings (SSSR count). The molecule has 8 aromatic rings. The minimum absolute atomic E-state index is 0.159. The van der Waals surface area contributed by atoms with Gasteiger partial charge in [-0.25, -0.2) is 15.0 Å². The summed E-state index contributed by atoms with van der Waals surface area (Å²) >= 11 is 0. The fourth-order valence-corrected chi connectivity index (χ4v) is 6.91. The van der Waals surface area contributed by atoms with E-state index in [2.05, 4.69) is 83.0 Å². The monoisotopic (exact) mass is 592 g/mol. The largest absolute Gasteiger partial charge is 0.278 e. The predicted octanol–water partition coefficient (Wildman–Crippen LogP) is 9.07. The molecule has 3 aromatic heterocycles. The Hall–Kier alpha value is -6.01. The second kappa shape index (κ2) is 10.0. The first kappa shape index (κ1) is 26.4. The van der Waals surface area contributed by atoms with Gasteiger partial charge in [0.2, 0.25) is 5.95 Å². The van der Waals surface area contributed by atoms with Crippen LogP contribution in [-0.4, -0.2) is 29.5 Å². The van der Waals surface area contributed by atoms with Crippen molar-refractivity contribution < 1.29 is 0 Å². The van der Waals surface area contributed by atoms with Crippen LogP contribution in [0.5, 0.6) is 0 Å². The average Bonchev–Trinajstić information content (AvgIpc) is 3.56. The van der Waals surface area contributed by atoms with Crippen LogP contribution in [0.2, 0.25) is 0 Å². The third kappa shape index (κ3) is 4.00. The fourth-order valence-electron chi connectivity index (χ4n) is 6.91. The van der Waals surface area contributed by atoms with Crippen LogP contribution in [0.3, 0.4) is 0 Å². The van der Waals surface area contributed by atoms with Crippen LogP contribution in [0, 0.1) is 0 Å². The quantitative estimate of drug-likeness (QED) is 0.204. The summed E-state index contributed by atoms with van der Waals surface area (Å²) in [7, 11) is 0. The maximum Gasteiger partial charge on any atom is 0.238 e. The van der Waals surface area contributed by atoms with Gasteiger partial charge in [0.15, 0.2) is 17.5 Å². The fraction of sp³-hybridized carbons (Fsp3) is 0.0750. The van der Waals surface area contributed by atoms with Crippen molar-refractivity contribution in [1.82, 2.24) is 29.5 Å². The lowest BCUT2D eigenvalue weighted by atomic mass is 9.82. The van der Waals surface area contributed by atoms with E-state index in [1.54, 1.807) is 12.4 Å². The summed E-state index contributed by atoms with van der Waals surface area (Å²) in [4.78, 5) is 24.3. The highest BCUT2D eigenvalue weighted by Gasteiger charge is 2.36. The van der Waals surface area contributed by atoms with Gasteiger partial charge in [0.25, 0.3) is 0 Å². The molecule has 0 aliphatic heterocycles. The van der Waals surface area contributed by atoms with Crippen LogP contribution in [-0.2, 0) is 5.41 Å². The Morgan fingerprint density at radius 2 is 1.11 bits per heavy atom. The highest BCUT2D eigenvalue weighted by Crippen LogP contribution is 2.51. The van der Waals surface area contributed by atoms with Gasteiger partial charge in [-0.1, -0.05) is 98.8 Å². The molecule has 0 spiro atoms. The van der Waals surface area contributed by atoms with E-state index in [1.165, 1.54) is 22.3 Å². The zero-order valence-corrected chi connectivity index (χ0v) is 25.4. The van der Waals surface area contributed by atoms with Gasteiger partial charge in [0.05, 0.1) is 11.0 Å². The van der Waals surface area contributed by atoms with E-state index in [4.69, 9.17) is 15.0 Å². The molecule has 0 saturated carbocycles. The van der Waals surface area contributed by atoms with Gasteiger partial charge in [-0.3, -0.25) is 4.57 Å². The molecule has 1 aliphatic carbocycles. The number of hydrogen-bond donors (Lipinski definition) is 0. The number of nitrogens with zero attached hydrogens (tertiary/aromatic N) is 6. The normalized spacial score (nSPS) is 13.2. The highest BCUT2D eigenvalue weighted by molar-refractivity contribution is 6.12. The number of aromatic nitrogens is 6. The van der Waals surface area contributed by atoms with Crippen molar-refractivity contribution in [3.63, 3.8) is 0 Å². The van der Waals surface area contributed by atoms with E-state index in [-0.39, 0.29) is 5.41 Å². The summed E-state index contributed by atoms with van der Waals surface area (Å²) < 4.78 is 2.19. The minimum Gasteiger partial charge on any atom is -0.278 e. The molecule has 0 bridgehead atoms. The Balaban J connectivity index is 1.38. The topological polar surface area (TPSA) is 69.4 Å². The smallest absolute Gasteiger partial charge is 0.238 e. The molecule has 46 heavy (non-hydrogen) atoms. The van der Waals surface area contributed by atoms with Crippen molar-refractivity contribution in [2.45, 2.75) is 19.3 Å². The summed E-state index contributed by atoms with van der Waals surface area (Å²) in [5.41, 5.74) is 9.90. The molecule has 3 heterocycles. The SMILES string of the molecule is CC1(C)c2ccccc2-c2cc3c4cc(-c5ncccn5)ccc4n(-c4nc(-c5ccccc5)nc(-c5ccccc5)n4)c3cc21. The van der Waals surface area contributed by atoms with Crippen LogP contribution >= 0.6 is 0 Å². The Kier molecular flexibility index (Phi) is 5.74. The van der Waals surface area contributed by atoms with Gasteiger partial charge in [-0.05, 0) is 58.7 Å². The van der Waals surface area contributed by atoms with Crippen LogP contribution in [0.15, 0.2) is 134 Å². The summed E-state index contributed by atoms with van der Waals surface area (Å²) in [6, 6.07) is 41.9. The molecule has 6 nitrogen and oxygen atoms in total. The van der Waals surface area contributed by atoms with Crippen molar-refractivity contribution in [2.75, 3.05) is 0 Å². The molecule has 5 aromatic carbocycles. The van der Waals surface area contributed by atoms with E-state index in [0.717, 1.165) is 38.5 Å². The first-order valence-corrected chi connectivity index (χ1v) is 15.4. The predicted molar refractivity (Wildman–Crippen MR) is 184 cm³/mol.